The normalized spacial score (nSPS) is 23.3. The van der Waals surface area contributed by atoms with Crippen LogP contribution in [0.4, 0.5) is 0 Å². The monoisotopic (exact) mass is 189 g/mol. The SMILES string of the molecule is CN1CC(SCCO)NC=C1N. The topological polar surface area (TPSA) is 61.5 Å². The molecule has 0 aliphatic carbocycles. The molecule has 0 radical (unpaired) electrons. The lowest BCUT2D eigenvalue weighted by molar-refractivity contribution is 0.321. The average molecular weight is 189 g/mol. The van der Waals surface area contributed by atoms with Crippen molar-refractivity contribution in [2.45, 2.75) is 5.37 Å². The van der Waals surface area contributed by atoms with Gasteiger partial charge in [0.05, 0.1) is 12.0 Å². The molecule has 4 N–H and O–H groups in total. The molecule has 1 rings (SSSR count). The number of rotatable bonds is 3. The third kappa shape index (κ3) is 2.49. The summed E-state index contributed by atoms with van der Waals surface area (Å²) in [6, 6.07) is 0. The fourth-order valence-electron chi connectivity index (χ4n) is 0.991. The first-order valence-corrected chi connectivity index (χ1v) is 4.94. The van der Waals surface area contributed by atoms with E-state index in [-0.39, 0.29) is 6.61 Å². The van der Waals surface area contributed by atoms with E-state index in [9.17, 15) is 0 Å². The molecule has 0 aromatic rings. The fourth-order valence-corrected chi connectivity index (χ4v) is 1.87. The van der Waals surface area contributed by atoms with Gasteiger partial charge in [0.15, 0.2) is 0 Å². The third-order valence-electron chi connectivity index (χ3n) is 1.71. The zero-order valence-corrected chi connectivity index (χ0v) is 7.97. The second-order valence-corrected chi connectivity index (χ2v) is 4.01. The Morgan fingerprint density at radius 3 is 3.25 bits per heavy atom. The molecule has 1 atom stereocenters. The molecule has 0 aromatic heterocycles. The number of thioether (sulfide) groups is 1. The lowest BCUT2D eigenvalue weighted by atomic mass is 10.4. The highest BCUT2D eigenvalue weighted by molar-refractivity contribution is 7.99. The van der Waals surface area contributed by atoms with E-state index in [0.717, 1.165) is 18.1 Å². The van der Waals surface area contributed by atoms with Crippen molar-refractivity contribution in [3.63, 3.8) is 0 Å². The Labute approximate surface area is 76.8 Å². The molecule has 70 valence electrons. The predicted octanol–water partition coefficient (Wildman–Crippen LogP) is -0.669. The lowest BCUT2D eigenvalue weighted by Gasteiger charge is -2.30. The Morgan fingerprint density at radius 2 is 2.67 bits per heavy atom. The van der Waals surface area contributed by atoms with Gasteiger partial charge in [0.1, 0.15) is 5.82 Å². The molecule has 0 aromatic carbocycles. The van der Waals surface area contributed by atoms with Crippen molar-refractivity contribution in [2.24, 2.45) is 5.73 Å². The number of nitrogens with two attached hydrogens (primary N) is 1. The maximum atomic E-state index is 8.61. The second kappa shape index (κ2) is 4.47. The van der Waals surface area contributed by atoms with Crippen LogP contribution in [0, 0.1) is 0 Å². The summed E-state index contributed by atoms with van der Waals surface area (Å²) in [7, 11) is 1.96. The maximum absolute atomic E-state index is 8.61. The number of hydrogen-bond donors (Lipinski definition) is 3. The van der Waals surface area contributed by atoms with E-state index in [4.69, 9.17) is 10.8 Å². The van der Waals surface area contributed by atoms with Crippen molar-refractivity contribution in [1.82, 2.24) is 10.2 Å². The molecular formula is C7H15N3OS. The largest absolute Gasteiger partial charge is 0.396 e. The van der Waals surface area contributed by atoms with Crippen LogP contribution < -0.4 is 11.1 Å². The van der Waals surface area contributed by atoms with Gasteiger partial charge in [-0.2, -0.15) is 0 Å². The number of aliphatic hydroxyl groups excluding tert-OH is 1. The van der Waals surface area contributed by atoms with Gasteiger partial charge in [-0.25, -0.2) is 0 Å². The number of hydrogen-bond acceptors (Lipinski definition) is 5. The summed E-state index contributed by atoms with van der Waals surface area (Å²) in [6.07, 6.45) is 1.80. The summed E-state index contributed by atoms with van der Waals surface area (Å²) >= 11 is 1.70. The van der Waals surface area contributed by atoms with Crippen LogP contribution in [-0.4, -0.2) is 41.3 Å². The van der Waals surface area contributed by atoms with E-state index >= 15 is 0 Å². The van der Waals surface area contributed by atoms with E-state index in [1.54, 1.807) is 18.0 Å². The molecule has 0 saturated heterocycles. The Morgan fingerprint density at radius 1 is 1.92 bits per heavy atom. The zero-order valence-electron chi connectivity index (χ0n) is 7.16. The molecule has 0 amide bonds. The minimum absolute atomic E-state index is 0.228. The molecule has 1 unspecified atom stereocenters. The summed E-state index contributed by atoms with van der Waals surface area (Å²) in [5.41, 5.74) is 5.64. The zero-order chi connectivity index (χ0) is 8.97. The highest BCUT2D eigenvalue weighted by Crippen LogP contribution is 2.13. The van der Waals surface area contributed by atoms with Crippen LogP contribution >= 0.6 is 11.8 Å². The summed E-state index contributed by atoms with van der Waals surface area (Å²) in [5, 5.41) is 12.1. The van der Waals surface area contributed by atoms with Gasteiger partial charge in [-0.05, 0) is 0 Å². The van der Waals surface area contributed by atoms with Crippen LogP contribution in [0.3, 0.4) is 0 Å². The van der Waals surface area contributed by atoms with E-state index in [0.29, 0.717) is 5.37 Å². The molecule has 1 aliphatic heterocycles. The van der Waals surface area contributed by atoms with Crippen LogP contribution in [0.15, 0.2) is 12.0 Å². The first-order chi connectivity index (χ1) is 5.74. The first-order valence-electron chi connectivity index (χ1n) is 3.89. The van der Waals surface area contributed by atoms with Crippen molar-refractivity contribution in [1.29, 1.82) is 0 Å². The van der Waals surface area contributed by atoms with Crippen molar-refractivity contribution in [3.8, 4) is 0 Å². The predicted molar refractivity (Wildman–Crippen MR) is 51.4 cm³/mol. The van der Waals surface area contributed by atoms with Gasteiger partial charge in [-0.1, -0.05) is 0 Å². The van der Waals surface area contributed by atoms with Crippen LogP contribution in [0.5, 0.6) is 0 Å². The van der Waals surface area contributed by atoms with Gasteiger partial charge in [0.2, 0.25) is 0 Å². The van der Waals surface area contributed by atoms with Gasteiger partial charge in [0, 0.05) is 25.5 Å². The molecule has 5 heteroatoms. The van der Waals surface area contributed by atoms with E-state index in [1.165, 1.54) is 0 Å². The van der Waals surface area contributed by atoms with Gasteiger partial charge < -0.3 is 21.1 Å². The van der Waals surface area contributed by atoms with Crippen LogP contribution in [0.2, 0.25) is 0 Å². The number of nitrogens with zero attached hydrogens (tertiary/aromatic N) is 1. The summed E-state index contributed by atoms with van der Waals surface area (Å²) < 4.78 is 0. The quantitative estimate of drug-likeness (QED) is 0.550. The number of nitrogens with one attached hydrogen (secondary N) is 1. The van der Waals surface area contributed by atoms with Gasteiger partial charge in [-0.3, -0.25) is 0 Å². The highest BCUT2D eigenvalue weighted by atomic mass is 32.2. The molecule has 0 bridgehead atoms. The van der Waals surface area contributed by atoms with Gasteiger partial charge in [0.25, 0.3) is 0 Å². The second-order valence-electron chi connectivity index (χ2n) is 2.70. The molecule has 12 heavy (non-hydrogen) atoms. The fraction of sp³-hybridized carbons (Fsp3) is 0.714. The molecule has 0 saturated carbocycles. The van der Waals surface area contributed by atoms with Crippen LogP contribution in [0.25, 0.3) is 0 Å². The van der Waals surface area contributed by atoms with Crippen LogP contribution in [0.1, 0.15) is 0 Å². The van der Waals surface area contributed by atoms with E-state index < -0.39 is 0 Å². The van der Waals surface area contributed by atoms with E-state index in [2.05, 4.69) is 5.32 Å². The van der Waals surface area contributed by atoms with Crippen molar-refractivity contribution >= 4 is 11.8 Å². The summed E-state index contributed by atoms with van der Waals surface area (Å²) in [4.78, 5) is 1.99. The molecule has 0 spiro atoms. The minimum atomic E-state index is 0.228. The average Bonchev–Trinajstić information content (AvgIpc) is 2.07. The molecule has 4 nitrogen and oxygen atoms in total. The Kier molecular flexibility index (Phi) is 3.55. The highest BCUT2D eigenvalue weighted by Gasteiger charge is 2.15. The van der Waals surface area contributed by atoms with Gasteiger partial charge >= 0.3 is 0 Å². The standard InChI is InChI=1S/C7H15N3OS/c1-10-5-7(12-3-2-11)9-4-6(10)8/h4,7,9,11H,2-3,5,8H2,1H3. The third-order valence-corrected chi connectivity index (χ3v) is 2.81. The first kappa shape index (κ1) is 9.54. The van der Waals surface area contributed by atoms with Gasteiger partial charge in [-0.15, -0.1) is 11.8 Å². The smallest absolute Gasteiger partial charge is 0.115 e. The molecule has 1 aliphatic rings. The molecule has 0 fully saturated rings. The molecule has 1 heterocycles. The lowest BCUT2D eigenvalue weighted by Crippen LogP contribution is -2.42. The Balaban J connectivity index is 2.32. The number of likely N-dealkylation sites (N-methyl/N-ethyl adjacent to an activating group) is 1. The van der Waals surface area contributed by atoms with Crippen molar-refractivity contribution in [3.05, 3.63) is 12.0 Å². The minimum Gasteiger partial charge on any atom is -0.396 e. The molecular weight excluding hydrogens is 174 g/mol. The number of aliphatic hydroxyl groups is 1. The maximum Gasteiger partial charge on any atom is 0.115 e. The van der Waals surface area contributed by atoms with Crippen molar-refractivity contribution < 1.29 is 5.11 Å². The summed E-state index contributed by atoms with van der Waals surface area (Å²) in [6.45, 7) is 1.11. The van der Waals surface area contributed by atoms with Crippen molar-refractivity contribution in [2.75, 3.05) is 26.0 Å². The van der Waals surface area contributed by atoms with Crippen LogP contribution in [-0.2, 0) is 0 Å². The Hall–Kier alpha value is -0.550. The summed E-state index contributed by atoms with van der Waals surface area (Å²) in [5.74, 6) is 1.52. The van der Waals surface area contributed by atoms with E-state index in [1.807, 2.05) is 11.9 Å². The Bertz CT molecular complexity index is 174.